The summed E-state index contributed by atoms with van der Waals surface area (Å²) < 4.78 is 27.1. The number of nitrogens with one attached hydrogen (secondary N) is 1. The van der Waals surface area contributed by atoms with E-state index >= 15 is 0 Å². The summed E-state index contributed by atoms with van der Waals surface area (Å²) in [6.45, 7) is 5.13. The Morgan fingerprint density at radius 1 is 1.06 bits per heavy atom. The standard InChI is InChI=1S/C22H28BrN3O4S/c1-15-10-16(2)12-20(11-15)26(31(5,29)30)14-21(27)25(17(3)22(28)24-4)13-18-6-8-19(23)9-7-18/h6-12,17H,13-14H2,1-5H3,(H,24,28). The Morgan fingerprint density at radius 3 is 2.10 bits per heavy atom. The highest BCUT2D eigenvalue weighted by atomic mass is 79.9. The fourth-order valence-corrected chi connectivity index (χ4v) is 4.38. The number of rotatable bonds is 8. The van der Waals surface area contributed by atoms with Gasteiger partial charge in [-0.15, -0.1) is 0 Å². The lowest BCUT2D eigenvalue weighted by atomic mass is 10.1. The van der Waals surface area contributed by atoms with Crippen LogP contribution in [0.3, 0.4) is 0 Å². The molecule has 0 aromatic heterocycles. The Kier molecular flexibility index (Phi) is 8.25. The topological polar surface area (TPSA) is 86.8 Å². The van der Waals surface area contributed by atoms with Crippen molar-refractivity contribution in [3.63, 3.8) is 0 Å². The van der Waals surface area contributed by atoms with Gasteiger partial charge in [0, 0.05) is 18.1 Å². The molecule has 0 aliphatic carbocycles. The largest absolute Gasteiger partial charge is 0.357 e. The van der Waals surface area contributed by atoms with Crippen molar-refractivity contribution in [2.24, 2.45) is 0 Å². The van der Waals surface area contributed by atoms with Crippen molar-refractivity contribution in [1.82, 2.24) is 10.2 Å². The third-order valence-corrected chi connectivity index (χ3v) is 6.52. The van der Waals surface area contributed by atoms with Gasteiger partial charge in [-0.3, -0.25) is 13.9 Å². The van der Waals surface area contributed by atoms with Crippen molar-refractivity contribution in [2.75, 3.05) is 24.2 Å². The maximum absolute atomic E-state index is 13.3. The molecule has 0 heterocycles. The minimum absolute atomic E-state index is 0.172. The van der Waals surface area contributed by atoms with E-state index in [1.165, 1.54) is 11.9 Å². The van der Waals surface area contributed by atoms with Crippen LogP contribution in [0, 0.1) is 13.8 Å². The third kappa shape index (κ3) is 6.80. The van der Waals surface area contributed by atoms with Crippen molar-refractivity contribution >= 4 is 43.5 Å². The molecule has 1 unspecified atom stereocenters. The summed E-state index contributed by atoms with van der Waals surface area (Å²) in [4.78, 5) is 27.0. The molecule has 0 aliphatic rings. The molecule has 1 atom stereocenters. The first-order valence-electron chi connectivity index (χ1n) is 9.74. The number of carbonyl (C=O) groups is 2. The summed E-state index contributed by atoms with van der Waals surface area (Å²) in [6.07, 6.45) is 1.07. The predicted molar refractivity (Wildman–Crippen MR) is 126 cm³/mol. The zero-order valence-electron chi connectivity index (χ0n) is 18.3. The van der Waals surface area contributed by atoms with Crippen LogP contribution in [-0.4, -0.2) is 51.0 Å². The molecule has 0 fully saturated rings. The van der Waals surface area contributed by atoms with Gasteiger partial charge >= 0.3 is 0 Å². The molecule has 0 saturated heterocycles. The smallest absolute Gasteiger partial charge is 0.244 e. The van der Waals surface area contributed by atoms with Crippen LogP contribution in [0.4, 0.5) is 5.69 Å². The zero-order chi connectivity index (χ0) is 23.3. The molecule has 1 N–H and O–H groups in total. The Balaban J connectivity index is 2.40. The number of hydrogen-bond donors (Lipinski definition) is 1. The van der Waals surface area contributed by atoms with Crippen molar-refractivity contribution in [1.29, 1.82) is 0 Å². The van der Waals surface area contributed by atoms with Gasteiger partial charge in [0.05, 0.1) is 11.9 Å². The van der Waals surface area contributed by atoms with Crippen LogP contribution in [0.1, 0.15) is 23.6 Å². The number of aryl methyl sites for hydroxylation is 2. The molecule has 0 saturated carbocycles. The summed E-state index contributed by atoms with van der Waals surface area (Å²) in [5.41, 5.74) is 3.03. The second-order valence-electron chi connectivity index (χ2n) is 7.55. The van der Waals surface area contributed by atoms with Crippen LogP contribution in [0.2, 0.25) is 0 Å². The van der Waals surface area contributed by atoms with Crippen molar-refractivity contribution in [3.8, 4) is 0 Å². The van der Waals surface area contributed by atoms with Crippen LogP contribution in [0.25, 0.3) is 0 Å². The Labute approximate surface area is 192 Å². The summed E-state index contributed by atoms with van der Waals surface area (Å²) in [5, 5.41) is 2.55. The van der Waals surface area contributed by atoms with Crippen LogP contribution >= 0.6 is 15.9 Å². The lowest BCUT2D eigenvalue weighted by Crippen LogP contribution is -2.50. The minimum atomic E-state index is -3.73. The summed E-state index contributed by atoms with van der Waals surface area (Å²) in [5.74, 6) is -0.800. The van der Waals surface area contributed by atoms with Crippen molar-refractivity contribution in [2.45, 2.75) is 33.4 Å². The molecule has 0 spiro atoms. The van der Waals surface area contributed by atoms with Crippen molar-refractivity contribution in [3.05, 3.63) is 63.6 Å². The number of likely N-dealkylation sites (N-methyl/N-ethyl adjacent to an activating group) is 1. The van der Waals surface area contributed by atoms with Gasteiger partial charge in [0.2, 0.25) is 21.8 Å². The fourth-order valence-electron chi connectivity index (χ4n) is 3.29. The molecular weight excluding hydrogens is 482 g/mol. The van der Waals surface area contributed by atoms with Gasteiger partial charge in [0.1, 0.15) is 12.6 Å². The highest BCUT2D eigenvalue weighted by molar-refractivity contribution is 9.10. The second-order valence-corrected chi connectivity index (χ2v) is 10.4. The number of halogens is 1. The average Bonchev–Trinajstić information content (AvgIpc) is 2.68. The molecule has 168 valence electrons. The molecule has 0 aliphatic heterocycles. The van der Waals surface area contributed by atoms with E-state index in [9.17, 15) is 18.0 Å². The molecule has 0 bridgehead atoms. The first kappa shape index (κ1) is 24.9. The van der Waals surface area contributed by atoms with Gasteiger partial charge in [-0.05, 0) is 61.7 Å². The lowest BCUT2D eigenvalue weighted by molar-refractivity contribution is -0.139. The number of sulfonamides is 1. The van der Waals surface area contributed by atoms with E-state index in [0.29, 0.717) is 5.69 Å². The zero-order valence-corrected chi connectivity index (χ0v) is 20.7. The molecule has 2 aromatic carbocycles. The number of nitrogens with zero attached hydrogens (tertiary/aromatic N) is 2. The monoisotopic (exact) mass is 509 g/mol. The van der Waals surface area contributed by atoms with Crippen LogP contribution in [0.5, 0.6) is 0 Å². The minimum Gasteiger partial charge on any atom is -0.357 e. The summed E-state index contributed by atoms with van der Waals surface area (Å²) >= 11 is 3.38. The molecular formula is C22H28BrN3O4S. The number of carbonyl (C=O) groups excluding carboxylic acids is 2. The third-order valence-electron chi connectivity index (χ3n) is 4.85. The Bertz CT molecular complexity index is 1030. The van der Waals surface area contributed by atoms with Gasteiger partial charge in [0.15, 0.2) is 0 Å². The Morgan fingerprint density at radius 2 is 1.61 bits per heavy atom. The molecule has 2 amide bonds. The highest BCUT2D eigenvalue weighted by Crippen LogP contribution is 2.22. The van der Waals surface area contributed by atoms with Gasteiger partial charge in [-0.25, -0.2) is 8.42 Å². The number of hydrogen-bond acceptors (Lipinski definition) is 4. The van der Waals surface area contributed by atoms with E-state index in [1.54, 1.807) is 19.1 Å². The normalized spacial score (nSPS) is 12.2. The number of benzene rings is 2. The van der Waals surface area contributed by atoms with Gasteiger partial charge in [-0.2, -0.15) is 0 Å². The first-order chi connectivity index (χ1) is 14.4. The van der Waals surface area contributed by atoms with Crippen LogP contribution in [0.15, 0.2) is 46.9 Å². The van der Waals surface area contributed by atoms with E-state index in [-0.39, 0.29) is 12.5 Å². The highest BCUT2D eigenvalue weighted by Gasteiger charge is 2.29. The molecule has 31 heavy (non-hydrogen) atoms. The molecule has 2 rings (SSSR count). The van der Waals surface area contributed by atoms with Gasteiger partial charge in [0.25, 0.3) is 0 Å². The molecule has 7 nitrogen and oxygen atoms in total. The fraction of sp³-hybridized carbons (Fsp3) is 0.364. The SMILES string of the molecule is CNC(=O)C(C)N(Cc1ccc(Br)cc1)C(=O)CN(c1cc(C)cc(C)c1)S(C)(=O)=O. The van der Waals surface area contributed by atoms with Crippen LogP contribution < -0.4 is 9.62 Å². The van der Waals surface area contributed by atoms with Crippen LogP contribution in [-0.2, 0) is 26.2 Å². The summed E-state index contributed by atoms with van der Waals surface area (Å²) in [7, 11) is -2.23. The maximum atomic E-state index is 13.3. The lowest BCUT2D eigenvalue weighted by Gasteiger charge is -2.31. The van der Waals surface area contributed by atoms with E-state index in [0.717, 1.165) is 31.7 Å². The number of anilines is 1. The van der Waals surface area contributed by atoms with E-state index in [1.807, 2.05) is 44.2 Å². The Hall–Kier alpha value is -2.39. The predicted octanol–water partition coefficient (Wildman–Crippen LogP) is 3.00. The van der Waals surface area contributed by atoms with Gasteiger partial charge in [-0.1, -0.05) is 34.1 Å². The molecule has 0 radical (unpaired) electrons. The maximum Gasteiger partial charge on any atom is 0.244 e. The average molecular weight is 510 g/mol. The summed E-state index contributed by atoms with van der Waals surface area (Å²) in [6, 6.07) is 12.0. The second kappa shape index (κ2) is 10.3. The van der Waals surface area contributed by atoms with Gasteiger partial charge < -0.3 is 10.2 Å². The van der Waals surface area contributed by atoms with E-state index < -0.39 is 28.5 Å². The van der Waals surface area contributed by atoms with Crippen molar-refractivity contribution < 1.29 is 18.0 Å². The first-order valence-corrected chi connectivity index (χ1v) is 12.4. The quantitative estimate of drug-likeness (QED) is 0.592. The van der Waals surface area contributed by atoms with E-state index in [4.69, 9.17) is 0 Å². The molecule has 9 heteroatoms. The number of amides is 2. The molecule has 2 aromatic rings. The van der Waals surface area contributed by atoms with E-state index in [2.05, 4.69) is 21.2 Å².